The summed E-state index contributed by atoms with van der Waals surface area (Å²) in [6, 6.07) is 5.60. The first kappa shape index (κ1) is 21.2. The van der Waals surface area contributed by atoms with Crippen molar-refractivity contribution in [2.45, 2.75) is 37.3 Å². The van der Waals surface area contributed by atoms with E-state index in [2.05, 4.69) is 20.9 Å². The van der Waals surface area contributed by atoms with E-state index < -0.39 is 29.7 Å². The van der Waals surface area contributed by atoms with Gasteiger partial charge in [0.05, 0.1) is 11.6 Å². The highest BCUT2D eigenvalue weighted by Gasteiger charge is 2.46. The summed E-state index contributed by atoms with van der Waals surface area (Å²) >= 11 is 5.96. The van der Waals surface area contributed by atoms with Crippen LogP contribution in [0.5, 0.6) is 0 Å². The minimum absolute atomic E-state index is 0.00718. The zero-order chi connectivity index (χ0) is 21.2. The van der Waals surface area contributed by atoms with Crippen molar-refractivity contribution in [2.75, 3.05) is 17.7 Å². The SMILES string of the molecule is CN[C@@H]1C(Nc2nc(Nc3cccc(Cl)c3)c(C(N)=O)cc2F)CCCC1(F)F. The number of nitrogens with two attached hydrogens (primary N) is 1. The van der Waals surface area contributed by atoms with Crippen LogP contribution >= 0.6 is 11.6 Å². The minimum atomic E-state index is -2.93. The molecule has 0 bridgehead atoms. The number of amides is 1. The molecule has 1 aliphatic carbocycles. The maximum absolute atomic E-state index is 14.6. The number of pyridine rings is 1. The first-order valence-electron chi connectivity index (χ1n) is 9.06. The topological polar surface area (TPSA) is 92.1 Å². The van der Waals surface area contributed by atoms with Gasteiger partial charge in [-0.2, -0.15) is 0 Å². The second kappa shape index (κ2) is 8.46. The van der Waals surface area contributed by atoms with E-state index in [0.29, 0.717) is 17.1 Å². The van der Waals surface area contributed by atoms with E-state index in [9.17, 15) is 18.0 Å². The number of likely N-dealkylation sites (N-methyl/N-ethyl adjacent to an activating group) is 1. The second-order valence-corrected chi connectivity index (χ2v) is 7.32. The molecule has 1 saturated carbocycles. The smallest absolute Gasteiger partial charge is 0.265 e. The van der Waals surface area contributed by atoms with Crippen molar-refractivity contribution in [2.24, 2.45) is 5.73 Å². The molecule has 0 aliphatic heterocycles. The van der Waals surface area contributed by atoms with Crippen LogP contribution in [0.2, 0.25) is 5.02 Å². The number of rotatable bonds is 6. The molecule has 6 nitrogen and oxygen atoms in total. The standard InChI is InChI=1S/C19H21ClF3N5O/c1-25-15-14(6-3-7-19(15,22)23)27-18-13(21)9-12(16(24)29)17(28-18)26-11-5-2-4-10(20)8-11/h2,4-5,8-9,14-15,25H,3,6-7H2,1H3,(H2,24,29)(H2,26,27,28)/t14?,15-/m1/s1. The Morgan fingerprint density at radius 1 is 1.31 bits per heavy atom. The number of primary amides is 1. The molecule has 3 rings (SSSR count). The van der Waals surface area contributed by atoms with Gasteiger partial charge in [-0.3, -0.25) is 4.79 Å². The molecule has 1 unspecified atom stereocenters. The Balaban J connectivity index is 1.94. The Hall–Kier alpha value is -2.52. The van der Waals surface area contributed by atoms with Gasteiger partial charge in [-0.15, -0.1) is 0 Å². The summed E-state index contributed by atoms with van der Waals surface area (Å²) in [6.45, 7) is 0. The number of halogens is 4. The van der Waals surface area contributed by atoms with Crippen LogP contribution < -0.4 is 21.7 Å². The molecule has 1 amide bonds. The molecule has 156 valence electrons. The van der Waals surface area contributed by atoms with E-state index >= 15 is 0 Å². The second-order valence-electron chi connectivity index (χ2n) is 6.89. The summed E-state index contributed by atoms with van der Waals surface area (Å²) in [4.78, 5) is 15.9. The van der Waals surface area contributed by atoms with E-state index in [1.54, 1.807) is 24.3 Å². The fraction of sp³-hybridized carbons (Fsp3) is 0.368. The molecule has 1 aromatic heterocycles. The van der Waals surface area contributed by atoms with Gasteiger partial charge < -0.3 is 21.7 Å². The van der Waals surface area contributed by atoms with Crippen molar-refractivity contribution in [1.82, 2.24) is 10.3 Å². The number of carbonyl (C=O) groups excluding carboxylic acids is 1. The quantitative estimate of drug-likeness (QED) is 0.561. The van der Waals surface area contributed by atoms with Gasteiger partial charge in [0.15, 0.2) is 11.6 Å². The monoisotopic (exact) mass is 427 g/mol. The number of hydrogen-bond acceptors (Lipinski definition) is 5. The first-order chi connectivity index (χ1) is 13.7. The number of anilines is 3. The molecule has 0 radical (unpaired) electrons. The van der Waals surface area contributed by atoms with E-state index in [4.69, 9.17) is 17.3 Å². The van der Waals surface area contributed by atoms with Gasteiger partial charge in [-0.05, 0) is 44.2 Å². The van der Waals surface area contributed by atoms with Gasteiger partial charge in [-0.25, -0.2) is 18.2 Å². The van der Waals surface area contributed by atoms with Gasteiger partial charge in [0, 0.05) is 23.2 Å². The van der Waals surface area contributed by atoms with E-state index in [-0.39, 0.29) is 30.0 Å². The predicted molar refractivity (Wildman–Crippen MR) is 107 cm³/mol. The third-order valence-electron chi connectivity index (χ3n) is 4.84. The van der Waals surface area contributed by atoms with Gasteiger partial charge in [0.2, 0.25) is 0 Å². The lowest BCUT2D eigenvalue weighted by Crippen LogP contribution is -2.56. The summed E-state index contributed by atoms with van der Waals surface area (Å²) < 4.78 is 43.0. The molecule has 2 aromatic rings. The Morgan fingerprint density at radius 3 is 2.72 bits per heavy atom. The highest BCUT2D eigenvalue weighted by Crippen LogP contribution is 2.35. The molecule has 5 N–H and O–H groups in total. The lowest BCUT2D eigenvalue weighted by Gasteiger charge is -2.38. The molecule has 10 heteroatoms. The van der Waals surface area contributed by atoms with Crippen LogP contribution in [-0.2, 0) is 0 Å². The van der Waals surface area contributed by atoms with E-state index in [1.807, 2.05) is 0 Å². The molecular formula is C19H21ClF3N5O. The average Bonchev–Trinajstić information content (AvgIpc) is 2.63. The van der Waals surface area contributed by atoms with Crippen LogP contribution in [0.1, 0.15) is 29.6 Å². The Bertz CT molecular complexity index is 911. The largest absolute Gasteiger partial charge is 0.365 e. The van der Waals surface area contributed by atoms with Crippen molar-refractivity contribution in [3.63, 3.8) is 0 Å². The van der Waals surface area contributed by atoms with Crippen LogP contribution in [0.3, 0.4) is 0 Å². The average molecular weight is 428 g/mol. The lowest BCUT2D eigenvalue weighted by molar-refractivity contribution is -0.0654. The molecule has 29 heavy (non-hydrogen) atoms. The molecule has 1 aliphatic rings. The van der Waals surface area contributed by atoms with Gasteiger partial charge >= 0.3 is 0 Å². The summed E-state index contributed by atoms with van der Waals surface area (Å²) in [5, 5.41) is 8.69. The number of alkyl halides is 2. The Kier molecular flexibility index (Phi) is 6.18. The predicted octanol–water partition coefficient (Wildman–Crippen LogP) is 3.90. The molecule has 2 atom stereocenters. The van der Waals surface area contributed by atoms with E-state index in [0.717, 1.165) is 6.07 Å². The van der Waals surface area contributed by atoms with Crippen molar-refractivity contribution in [3.05, 3.63) is 46.7 Å². The van der Waals surface area contributed by atoms with Gasteiger partial charge in [0.1, 0.15) is 5.82 Å². The van der Waals surface area contributed by atoms with Crippen molar-refractivity contribution in [1.29, 1.82) is 0 Å². The molecule has 0 spiro atoms. The van der Waals surface area contributed by atoms with Crippen LogP contribution in [0.4, 0.5) is 30.5 Å². The van der Waals surface area contributed by atoms with Crippen LogP contribution in [0.25, 0.3) is 0 Å². The number of benzene rings is 1. The highest BCUT2D eigenvalue weighted by molar-refractivity contribution is 6.30. The van der Waals surface area contributed by atoms with Gasteiger partial charge in [-0.1, -0.05) is 17.7 Å². The third kappa shape index (κ3) is 4.73. The Morgan fingerprint density at radius 2 is 2.07 bits per heavy atom. The summed E-state index contributed by atoms with van der Waals surface area (Å²) in [7, 11) is 1.44. The highest BCUT2D eigenvalue weighted by atomic mass is 35.5. The lowest BCUT2D eigenvalue weighted by atomic mass is 9.87. The third-order valence-corrected chi connectivity index (χ3v) is 5.08. The van der Waals surface area contributed by atoms with Crippen molar-refractivity contribution >= 4 is 34.8 Å². The number of aromatic nitrogens is 1. The van der Waals surface area contributed by atoms with Gasteiger partial charge in [0.25, 0.3) is 11.8 Å². The fourth-order valence-corrected chi connectivity index (χ4v) is 3.68. The van der Waals surface area contributed by atoms with Crippen molar-refractivity contribution in [3.8, 4) is 0 Å². The summed E-state index contributed by atoms with van der Waals surface area (Å²) in [6.07, 6.45) is 0.461. The van der Waals surface area contributed by atoms with Crippen LogP contribution in [0.15, 0.2) is 30.3 Å². The van der Waals surface area contributed by atoms with Crippen LogP contribution in [-0.4, -0.2) is 35.9 Å². The van der Waals surface area contributed by atoms with Crippen LogP contribution in [0, 0.1) is 5.82 Å². The number of nitrogens with one attached hydrogen (secondary N) is 3. The molecule has 1 heterocycles. The number of nitrogens with zero attached hydrogens (tertiary/aromatic N) is 1. The first-order valence-corrected chi connectivity index (χ1v) is 9.43. The maximum Gasteiger partial charge on any atom is 0.265 e. The normalized spacial score (nSPS) is 20.9. The molecular weight excluding hydrogens is 407 g/mol. The molecule has 1 aromatic carbocycles. The summed E-state index contributed by atoms with van der Waals surface area (Å²) in [5.41, 5.74) is 5.67. The molecule has 1 fully saturated rings. The molecule has 0 saturated heterocycles. The zero-order valence-corrected chi connectivity index (χ0v) is 16.4. The van der Waals surface area contributed by atoms with E-state index in [1.165, 1.54) is 7.05 Å². The van der Waals surface area contributed by atoms with Crippen molar-refractivity contribution < 1.29 is 18.0 Å². The fourth-order valence-electron chi connectivity index (χ4n) is 3.49. The number of carbonyl (C=O) groups is 1. The Labute approximate surface area is 171 Å². The zero-order valence-electron chi connectivity index (χ0n) is 15.6. The minimum Gasteiger partial charge on any atom is -0.365 e. The number of hydrogen-bond donors (Lipinski definition) is 4. The summed E-state index contributed by atoms with van der Waals surface area (Å²) in [5.74, 6) is -4.94. The maximum atomic E-state index is 14.6.